The third-order valence-corrected chi connectivity index (χ3v) is 19.9. The number of hydrazone groups is 2. The van der Waals surface area contributed by atoms with Crippen LogP contribution in [0.15, 0.2) is 178 Å². The quantitative estimate of drug-likeness (QED) is 0.0112. The number of para-hydroxylation sites is 2. The Hall–Kier alpha value is -12.5. The minimum Gasteiger partial charge on any atom is -0.460 e. The fourth-order valence-electron chi connectivity index (χ4n) is 14.5. The molecule has 30 heteroatoms. The van der Waals surface area contributed by atoms with E-state index in [9.17, 15) is 52.7 Å². The molecule has 606 valence electrons. The minimum atomic E-state index is -1.51. The zero-order valence-corrected chi connectivity index (χ0v) is 65.9. The van der Waals surface area contributed by atoms with E-state index >= 15 is 0 Å². The Morgan fingerprint density at radius 3 is 1.30 bits per heavy atom. The number of alkyl carbamates (subject to hydrolysis) is 1. The molecule has 2 heterocycles. The molecule has 2 saturated carbocycles. The van der Waals surface area contributed by atoms with Crippen LogP contribution < -0.4 is 63.6 Å². The van der Waals surface area contributed by atoms with Crippen LogP contribution >= 0.6 is 0 Å². The summed E-state index contributed by atoms with van der Waals surface area (Å²) >= 11 is 0. The van der Waals surface area contributed by atoms with Crippen molar-refractivity contribution in [2.75, 3.05) is 56.7 Å². The molecule has 6 aromatic carbocycles. The van der Waals surface area contributed by atoms with E-state index in [1.807, 2.05) is 121 Å². The summed E-state index contributed by atoms with van der Waals surface area (Å²) in [7, 11) is 3.26. The standard InChI is InChI=1S/C50H56N8O8.C35H46N8O6/c1-50(2,3)66-43(60)26-34(28-53-57-48(63)52-27-31-22-24-33(25-23-31)46(61)51-4)54-42(59)29-58-41-21-13-12-20-39(41)44(32-14-6-5-7-15-32)55-45(47(58)62)56-49(64)65-30-40-37-18-10-8-16-35(37)36-17-9-11-19-38(36)40;1-35(2,3)49-29(45)18-25(20-39-42-34(48)38-19-22-14-16-24(17-15-22)32(46)37-4)40-28(44)21-43-27-13-9-8-12-26(27)30(41-31(36)33(43)47)23-10-6-5-7-11-23/h5-21,28,31,33-34,40,45H,22-27,29-30H2,1-4H3,(H,51,61)(H,54,59)(H,56,64)(H2,52,57,63);5-13,20,22,24-25,31H,14-19,21,36H2,1-4H3,(H,37,46)(H,40,44)(H2,38,42,48)/b53-28+;39-20+/t31?,33?,34-,45?;22?,24?,25-,31?/m00/s1. The molecule has 4 atom stereocenters. The Kier molecular flexibility index (Phi) is 29.4. The number of rotatable bonds is 25. The molecule has 11 rings (SSSR count). The summed E-state index contributed by atoms with van der Waals surface area (Å²) in [6, 6.07) is 45.3. The maximum Gasteiger partial charge on any atom is 0.409 e. The van der Waals surface area contributed by atoms with Crippen LogP contribution in [-0.2, 0) is 52.6 Å². The lowest BCUT2D eigenvalue weighted by molar-refractivity contribution is -0.156. The summed E-state index contributed by atoms with van der Waals surface area (Å²) in [6.45, 7) is 10.1. The number of aliphatic imine (C=N–C) groups is 2. The van der Waals surface area contributed by atoms with E-state index in [0.29, 0.717) is 52.6 Å². The number of carbonyl (C=O) groups excluding carboxylic acids is 11. The molecule has 0 aromatic heterocycles. The summed E-state index contributed by atoms with van der Waals surface area (Å²) in [5.41, 5.74) is 17.9. The lowest BCUT2D eigenvalue weighted by Crippen LogP contribution is -2.51. The van der Waals surface area contributed by atoms with Crippen LogP contribution in [0, 0.1) is 23.7 Å². The van der Waals surface area contributed by atoms with Gasteiger partial charge in [-0.1, -0.05) is 146 Å². The van der Waals surface area contributed by atoms with Crippen molar-refractivity contribution in [2.24, 2.45) is 49.6 Å². The average molecular weight is 1570 g/mol. The van der Waals surface area contributed by atoms with Crippen molar-refractivity contribution in [3.63, 3.8) is 0 Å². The van der Waals surface area contributed by atoms with Crippen LogP contribution in [-0.4, -0.2) is 172 Å². The van der Waals surface area contributed by atoms with Gasteiger partial charge in [-0.25, -0.2) is 30.2 Å². The fourth-order valence-corrected chi connectivity index (χ4v) is 14.5. The van der Waals surface area contributed by atoms with Gasteiger partial charge in [0.15, 0.2) is 6.17 Å². The number of urea groups is 2. The highest BCUT2D eigenvalue weighted by atomic mass is 16.6. The fraction of sp³-hybridized carbons (Fsp3) is 0.400. The van der Waals surface area contributed by atoms with Gasteiger partial charge in [0.2, 0.25) is 29.8 Å². The Labute approximate surface area is 668 Å². The van der Waals surface area contributed by atoms with Crippen molar-refractivity contribution in [2.45, 2.75) is 147 Å². The first kappa shape index (κ1) is 85.0. The number of nitrogens with one attached hydrogen (secondary N) is 9. The average Bonchev–Trinajstić information content (AvgIpc) is 1.61. The van der Waals surface area contributed by atoms with Gasteiger partial charge >= 0.3 is 30.1 Å². The van der Waals surface area contributed by atoms with E-state index in [1.165, 1.54) is 22.2 Å². The predicted molar refractivity (Wildman–Crippen MR) is 436 cm³/mol. The maximum absolute atomic E-state index is 14.6. The molecule has 2 fully saturated rings. The molecule has 0 saturated heterocycles. The number of benzene rings is 6. The Bertz CT molecular complexity index is 4570. The highest BCUT2D eigenvalue weighted by Gasteiger charge is 2.38. The van der Waals surface area contributed by atoms with Crippen LogP contribution in [0.5, 0.6) is 0 Å². The number of nitrogens with two attached hydrogens (primary N) is 1. The molecule has 115 heavy (non-hydrogen) atoms. The number of benzodiazepines with no additional fused rings is 2. The molecule has 0 bridgehead atoms. The van der Waals surface area contributed by atoms with Crippen LogP contribution in [0.25, 0.3) is 11.1 Å². The van der Waals surface area contributed by atoms with Gasteiger partial charge in [0, 0.05) is 79.6 Å². The van der Waals surface area contributed by atoms with E-state index in [4.69, 9.17) is 24.9 Å². The first-order valence-corrected chi connectivity index (χ1v) is 38.7. The number of amides is 11. The second kappa shape index (κ2) is 39.8. The third-order valence-electron chi connectivity index (χ3n) is 19.9. The van der Waals surface area contributed by atoms with Gasteiger partial charge in [-0.3, -0.25) is 58.5 Å². The van der Waals surface area contributed by atoms with Crippen molar-refractivity contribution >= 4 is 101 Å². The van der Waals surface area contributed by atoms with Gasteiger partial charge in [-0.2, -0.15) is 10.2 Å². The van der Waals surface area contributed by atoms with Gasteiger partial charge in [-0.05, 0) is 139 Å². The molecule has 2 unspecified atom stereocenters. The molecular weight excluding hydrogens is 1470 g/mol. The van der Waals surface area contributed by atoms with Crippen LogP contribution in [0.2, 0.25) is 0 Å². The van der Waals surface area contributed by atoms with Gasteiger partial charge in [0.1, 0.15) is 30.9 Å². The second-order valence-electron chi connectivity index (χ2n) is 30.7. The molecular formula is C85H102N16O14. The van der Waals surface area contributed by atoms with E-state index in [0.717, 1.165) is 79.2 Å². The number of fused-ring (bicyclic) bond motifs is 5. The van der Waals surface area contributed by atoms with Crippen molar-refractivity contribution in [3.05, 3.63) is 191 Å². The van der Waals surface area contributed by atoms with Crippen molar-refractivity contribution in [1.29, 1.82) is 0 Å². The first-order chi connectivity index (χ1) is 55.1. The topological polar surface area (TPSA) is 406 Å². The first-order valence-electron chi connectivity index (χ1n) is 38.7. The van der Waals surface area contributed by atoms with Gasteiger partial charge < -0.3 is 51.8 Å². The van der Waals surface area contributed by atoms with Crippen LogP contribution in [0.1, 0.15) is 145 Å². The number of hydrogen-bond acceptors (Lipinski definition) is 19. The van der Waals surface area contributed by atoms with Gasteiger partial charge in [0.05, 0.1) is 47.7 Å². The van der Waals surface area contributed by atoms with Crippen LogP contribution in [0.4, 0.5) is 25.8 Å². The Morgan fingerprint density at radius 2 is 0.887 bits per heavy atom. The molecule has 11 N–H and O–H groups in total. The zero-order chi connectivity index (χ0) is 82.3. The SMILES string of the molecule is CNC(=O)C1CCC(CNC(=O)N/N=C/[C@H](CC(=O)OC(C)(C)C)NC(=O)CN2C(=O)C(N)N=C(c3ccccc3)c3ccccc32)CC1.CNC(=O)C1CCC(CNC(=O)N/N=C/[C@H](CC(=O)OC(C)(C)C)NC(=O)CN2C(=O)C(NC(=O)OCC3c4ccccc4-c4ccccc43)N=C(c3ccccc3)c3ccccc32)CC1. The molecule has 2 aliphatic heterocycles. The van der Waals surface area contributed by atoms with Gasteiger partial charge in [-0.15, -0.1) is 0 Å². The number of esters is 2. The summed E-state index contributed by atoms with van der Waals surface area (Å²) in [6.07, 6.45) is 4.41. The molecule has 5 aliphatic rings. The molecule has 6 aromatic rings. The summed E-state index contributed by atoms with van der Waals surface area (Å²) in [5, 5.41) is 27.1. The molecule has 0 radical (unpaired) electrons. The number of carbonyl (C=O) groups is 11. The second-order valence-corrected chi connectivity index (χ2v) is 30.7. The highest BCUT2D eigenvalue weighted by Crippen LogP contribution is 2.45. The van der Waals surface area contributed by atoms with E-state index in [1.54, 1.807) is 92.0 Å². The van der Waals surface area contributed by atoms with Crippen LogP contribution in [0.3, 0.4) is 0 Å². The van der Waals surface area contributed by atoms with E-state index in [2.05, 4.69) is 63.3 Å². The van der Waals surface area contributed by atoms with Crippen molar-refractivity contribution < 1.29 is 67.0 Å². The zero-order valence-electron chi connectivity index (χ0n) is 65.9. The van der Waals surface area contributed by atoms with Gasteiger partial charge in [0.25, 0.3) is 11.8 Å². The summed E-state index contributed by atoms with van der Waals surface area (Å²) in [4.78, 5) is 156. The summed E-state index contributed by atoms with van der Waals surface area (Å²) < 4.78 is 16.8. The Morgan fingerprint density at radius 1 is 0.504 bits per heavy atom. The number of nitrogens with zero attached hydrogens (tertiary/aromatic N) is 6. The minimum absolute atomic E-state index is 0.000765. The van der Waals surface area contributed by atoms with E-state index < -0.39 is 102 Å². The molecule has 30 nitrogen and oxygen atoms in total. The van der Waals surface area contributed by atoms with Crippen molar-refractivity contribution in [3.8, 4) is 11.1 Å². The highest BCUT2D eigenvalue weighted by molar-refractivity contribution is 6.22. The predicted octanol–water partition coefficient (Wildman–Crippen LogP) is 8.00. The molecule has 3 aliphatic carbocycles. The number of ether oxygens (including phenoxy) is 3. The lowest BCUT2D eigenvalue weighted by Gasteiger charge is -2.27. The lowest BCUT2D eigenvalue weighted by atomic mass is 9.81. The summed E-state index contributed by atoms with van der Waals surface area (Å²) in [5.74, 6) is -3.54. The number of anilines is 2. The normalized spacial score (nSPS) is 19.0. The Balaban J connectivity index is 0.000000254. The number of hydrogen-bond donors (Lipinski definition) is 10. The monoisotopic (exact) mass is 1570 g/mol. The van der Waals surface area contributed by atoms with Crippen molar-refractivity contribution in [1.82, 2.24) is 48.1 Å². The van der Waals surface area contributed by atoms with E-state index in [-0.39, 0.29) is 60.9 Å². The third kappa shape index (κ3) is 24.0. The molecule has 0 spiro atoms. The largest absolute Gasteiger partial charge is 0.460 e. The maximum atomic E-state index is 14.6. The smallest absolute Gasteiger partial charge is 0.409 e. The molecule has 11 amide bonds.